The predicted molar refractivity (Wildman–Crippen MR) is 133 cm³/mol. The van der Waals surface area contributed by atoms with Crippen molar-refractivity contribution in [2.45, 2.75) is 19.4 Å². The molecule has 0 bridgehead atoms. The molecule has 0 radical (unpaired) electrons. The Bertz CT molecular complexity index is 1300. The molecule has 8 heteroatoms. The van der Waals surface area contributed by atoms with Crippen LogP contribution in [-0.4, -0.2) is 35.0 Å². The number of halogens is 1. The molecule has 0 atom stereocenters. The summed E-state index contributed by atoms with van der Waals surface area (Å²) < 4.78 is 7.24. The largest absolute Gasteiger partial charge is 0.495 e. The van der Waals surface area contributed by atoms with Gasteiger partial charge in [-0.05, 0) is 55.0 Å². The molecule has 1 aromatic heterocycles. The molecule has 4 aromatic rings. The zero-order chi connectivity index (χ0) is 23.9. The van der Waals surface area contributed by atoms with Gasteiger partial charge in [-0.25, -0.2) is 4.98 Å². The van der Waals surface area contributed by atoms with Crippen molar-refractivity contribution in [2.24, 2.45) is 0 Å². The van der Waals surface area contributed by atoms with Gasteiger partial charge in [0.05, 0.1) is 23.8 Å². The fourth-order valence-corrected chi connectivity index (χ4v) is 3.85. The van der Waals surface area contributed by atoms with Crippen LogP contribution in [0.4, 0.5) is 5.69 Å². The lowest BCUT2D eigenvalue weighted by Crippen LogP contribution is -2.25. The van der Waals surface area contributed by atoms with Gasteiger partial charge in [0.2, 0.25) is 5.91 Å². The molecule has 34 heavy (non-hydrogen) atoms. The van der Waals surface area contributed by atoms with Gasteiger partial charge in [0.1, 0.15) is 18.1 Å². The number of para-hydroxylation sites is 4. The van der Waals surface area contributed by atoms with Gasteiger partial charge in [-0.2, -0.15) is 0 Å². The number of aryl methyl sites for hydroxylation is 1. The zero-order valence-corrected chi connectivity index (χ0v) is 19.5. The summed E-state index contributed by atoms with van der Waals surface area (Å²) in [5, 5.41) is 6.42. The summed E-state index contributed by atoms with van der Waals surface area (Å²) in [6.07, 6.45) is 1.29. The summed E-state index contributed by atoms with van der Waals surface area (Å²) in [6, 6.07) is 21.8. The molecule has 3 aromatic carbocycles. The van der Waals surface area contributed by atoms with E-state index in [1.807, 2.05) is 41.0 Å². The van der Waals surface area contributed by atoms with Crippen molar-refractivity contribution in [3.8, 4) is 5.75 Å². The van der Waals surface area contributed by atoms with Gasteiger partial charge in [-0.15, -0.1) is 0 Å². The number of amides is 2. The van der Waals surface area contributed by atoms with Gasteiger partial charge < -0.3 is 19.9 Å². The van der Waals surface area contributed by atoms with Crippen molar-refractivity contribution < 1.29 is 14.3 Å². The van der Waals surface area contributed by atoms with Crippen LogP contribution in [0.5, 0.6) is 5.75 Å². The minimum atomic E-state index is -0.176. The SMILES string of the molecule is COc1ccccc1NC(=O)Cn1c(CCCNC(=O)c2ccc(Cl)cc2)nc2ccccc21. The summed E-state index contributed by atoms with van der Waals surface area (Å²) in [6.45, 7) is 0.600. The van der Waals surface area contributed by atoms with E-state index < -0.39 is 0 Å². The van der Waals surface area contributed by atoms with Crippen LogP contribution in [-0.2, 0) is 17.8 Å². The van der Waals surface area contributed by atoms with Gasteiger partial charge in [0.25, 0.3) is 5.91 Å². The van der Waals surface area contributed by atoms with Crippen LogP contribution in [0.3, 0.4) is 0 Å². The number of imidazole rings is 1. The Hall–Kier alpha value is -3.84. The van der Waals surface area contributed by atoms with Crippen LogP contribution in [0, 0.1) is 0 Å². The van der Waals surface area contributed by atoms with Crippen LogP contribution in [0.25, 0.3) is 11.0 Å². The average Bonchev–Trinajstić information content (AvgIpc) is 3.19. The van der Waals surface area contributed by atoms with E-state index >= 15 is 0 Å². The smallest absolute Gasteiger partial charge is 0.251 e. The fourth-order valence-electron chi connectivity index (χ4n) is 3.73. The van der Waals surface area contributed by atoms with Crippen molar-refractivity contribution in [3.05, 3.63) is 89.2 Å². The molecule has 0 spiro atoms. The third kappa shape index (κ3) is 5.55. The van der Waals surface area contributed by atoms with E-state index in [2.05, 4.69) is 10.6 Å². The molecule has 7 nitrogen and oxygen atoms in total. The number of anilines is 1. The molecule has 174 valence electrons. The summed E-state index contributed by atoms with van der Waals surface area (Å²) in [5.41, 5.74) is 2.89. The number of nitrogens with zero attached hydrogens (tertiary/aromatic N) is 2. The molecule has 2 amide bonds. The highest BCUT2D eigenvalue weighted by Crippen LogP contribution is 2.23. The van der Waals surface area contributed by atoms with Crippen LogP contribution in [0.1, 0.15) is 22.6 Å². The molecule has 0 saturated carbocycles. The summed E-state index contributed by atoms with van der Waals surface area (Å²) in [4.78, 5) is 29.9. The first kappa shape index (κ1) is 23.3. The van der Waals surface area contributed by atoms with Crippen LogP contribution < -0.4 is 15.4 Å². The maximum Gasteiger partial charge on any atom is 0.251 e. The van der Waals surface area contributed by atoms with Gasteiger partial charge in [-0.1, -0.05) is 35.9 Å². The standard InChI is InChI=1S/C26H25ClN4O3/c1-34-23-10-5-3-8-21(23)30-25(32)17-31-22-9-4-2-7-20(22)29-24(31)11-6-16-28-26(33)18-12-14-19(27)15-13-18/h2-5,7-10,12-15H,6,11,16-17H2,1H3,(H,28,33)(H,30,32). The van der Waals surface area contributed by atoms with Gasteiger partial charge >= 0.3 is 0 Å². The van der Waals surface area contributed by atoms with Crippen molar-refractivity contribution >= 4 is 40.1 Å². The Balaban J connectivity index is 1.42. The maximum atomic E-state index is 12.9. The highest BCUT2D eigenvalue weighted by molar-refractivity contribution is 6.30. The molecule has 0 aliphatic rings. The van der Waals surface area contributed by atoms with E-state index in [1.54, 1.807) is 43.5 Å². The normalized spacial score (nSPS) is 10.8. The molecule has 0 saturated heterocycles. The molecule has 2 N–H and O–H groups in total. The van der Waals surface area contributed by atoms with Crippen LogP contribution in [0.2, 0.25) is 5.02 Å². The summed E-state index contributed by atoms with van der Waals surface area (Å²) in [7, 11) is 1.57. The first-order valence-corrected chi connectivity index (χ1v) is 11.3. The molecule has 0 aliphatic carbocycles. The van der Waals surface area contributed by atoms with Crippen molar-refractivity contribution in [3.63, 3.8) is 0 Å². The van der Waals surface area contributed by atoms with E-state index in [1.165, 1.54) is 0 Å². The second-order valence-corrected chi connectivity index (χ2v) is 8.15. The number of hydrogen-bond donors (Lipinski definition) is 2. The first-order valence-electron chi connectivity index (χ1n) is 11.0. The lowest BCUT2D eigenvalue weighted by Gasteiger charge is -2.12. The summed E-state index contributed by atoms with van der Waals surface area (Å²) >= 11 is 5.88. The highest BCUT2D eigenvalue weighted by Gasteiger charge is 2.15. The molecular weight excluding hydrogens is 452 g/mol. The molecule has 4 rings (SSSR count). The van der Waals surface area contributed by atoms with Gasteiger partial charge in [0.15, 0.2) is 0 Å². The predicted octanol–water partition coefficient (Wildman–Crippen LogP) is 4.70. The molecule has 1 heterocycles. The number of hydrogen-bond acceptors (Lipinski definition) is 4. The Labute approximate surface area is 202 Å². The van der Waals surface area contributed by atoms with Gasteiger partial charge in [-0.3, -0.25) is 9.59 Å². The van der Waals surface area contributed by atoms with Crippen molar-refractivity contribution in [1.82, 2.24) is 14.9 Å². The molecule has 0 aliphatic heterocycles. The second kappa shape index (κ2) is 10.9. The van der Waals surface area contributed by atoms with Crippen molar-refractivity contribution in [1.29, 1.82) is 0 Å². The number of aromatic nitrogens is 2. The lowest BCUT2D eigenvalue weighted by atomic mass is 10.2. The quantitative estimate of drug-likeness (QED) is 0.343. The number of nitrogens with one attached hydrogen (secondary N) is 2. The lowest BCUT2D eigenvalue weighted by molar-refractivity contribution is -0.116. The number of benzene rings is 3. The number of carbonyl (C=O) groups excluding carboxylic acids is 2. The van der Waals surface area contributed by atoms with E-state index in [0.717, 1.165) is 16.9 Å². The Morgan fingerprint density at radius 1 is 1.00 bits per heavy atom. The Morgan fingerprint density at radius 3 is 2.53 bits per heavy atom. The number of fused-ring (bicyclic) bond motifs is 1. The first-order chi connectivity index (χ1) is 16.5. The third-order valence-corrected chi connectivity index (χ3v) is 5.64. The van der Waals surface area contributed by atoms with E-state index in [0.29, 0.717) is 41.4 Å². The van der Waals surface area contributed by atoms with E-state index in [4.69, 9.17) is 21.3 Å². The third-order valence-electron chi connectivity index (χ3n) is 5.39. The second-order valence-electron chi connectivity index (χ2n) is 7.72. The number of carbonyl (C=O) groups is 2. The highest BCUT2D eigenvalue weighted by atomic mass is 35.5. The zero-order valence-electron chi connectivity index (χ0n) is 18.8. The Morgan fingerprint density at radius 2 is 1.74 bits per heavy atom. The topological polar surface area (TPSA) is 85.2 Å². The number of ether oxygens (including phenoxy) is 1. The monoisotopic (exact) mass is 476 g/mol. The number of rotatable bonds is 9. The maximum absolute atomic E-state index is 12.9. The molecule has 0 unspecified atom stereocenters. The molecular formula is C26H25ClN4O3. The molecule has 0 fully saturated rings. The minimum Gasteiger partial charge on any atom is -0.495 e. The van der Waals surface area contributed by atoms with Crippen LogP contribution in [0.15, 0.2) is 72.8 Å². The van der Waals surface area contributed by atoms with Crippen LogP contribution >= 0.6 is 11.6 Å². The van der Waals surface area contributed by atoms with E-state index in [9.17, 15) is 9.59 Å². The Kier molecular flexibility index (Phi) is 7.44. The van der Waals surface area contributed by atoms with Gasteiger partial charge in [0, 0.05) is 23.6 Å². The number of methoxy groups -OCH3 is 1. The minimum absolute atomic E-state index is 0.116. The van der Waals surface area contributed by atoms with Crippen molar-refractivity contribution in [2.75, 3.05) is 19.0 Å². The average molecular weight is 477 g/mol. The summed E-state index contributed by atoms with van der Waals surface area (Å²) in [5.74, 6) is 1.06. The van der Waals surface area contributed by atoms with E-state index in [-0.39, 0.29) is 18.4 Å². The fraction of sp³-hybridized carbons (Fsp3) is 0.192.